The van der Waals surface area contributed by atoms with Crippen LogP contribution in [0.25, 0.3) is 33.4 Å². The fraction of sp³-hybridized carbons (Fsp3) is 0.217. The predicted molar refractivity (Wildman–Crippen MR) is 199 cm³/mol. The monoisotopic (exact) mass is 638 g/mol. The van der Waals surface area contributed by atoms with Gasteiger partial charge in [0.05, 0.1) is 0 Å². The molecule has 6 aromatic rings. The summed E-state index contributed by atoms with van der Waals surface area (Å²) in [6, 6.07) is 30.6. The third-order valence-corrected chi connectivity index (χ3v) is 9.99. The van der Waals surface area contributed by atoms with E-state index in [4.69, 9.17) is 25.9 Å². The van der Waals surface area contributed by atoms with Crippen LogP contribution in [0.5, 0.6) is 23.0 Å². The number of hydrogen-bond acceptors (Lipinski definition) is 2. The van der Waals surface area contributed by atoms with Crippen molar-refractivity contribution in [1.82, 2.24) is 0 Å². The lowest BCUT2D eigenvalue weighted by atomic mass is 9.74. The van der Waals surface area contributed by atoms with E-state index in [1.54, 1.807) is 98.8 Å². The van der Waals surface area contributed by atoms with Gasteiger partial charge in [0.1, 0.15) is 23.0 Å². The van der Waals surface area contributed by atoms with Gasteiger partial charge in [-0.1, -0.05) is 112 Å². The normalized spacial score (nSPS) is 23.7. The topological polar surface area (TPSA) is 18.5 Å². The lowest BCUT2D eigenvalue weighted by Gasteiger charge is -2.36. The van der Waals surface area contributed by atoms with Crippen LogP contribution in [0.15, 0.2) is 109 Å². The summed E-state index contributed by atoms with van der Waals surface area (Å²) in [6.45, 7) is -3.30. The van der Waals surface area contributed by atoms with Crippen molar-refractivity contribution >= 4 is 0 Å². The second-order valence-corrected chi connectivity index (χ2v) is 13.2. The summed E-state index contributed by atoms with van der Waals surface area (Å²) in [6.07, 6.45) is 0. The van der Waals surface area contributed by atoms with E-state index in [9.17, 15) is 0 Å². The highest BCUT2D eigenvalue weighted by atomic mass is 16.5. The molecule has 6 aromatic carbocycles. The van der Waals surface area contributed by atoms with Gasteiger partial charge in [-0.2, -0.15) is 0 Å². The van der Waals surface area contributed by atoms with E-state index in [0.29, 0.717) is 67.5 Å². The first-order valence-electron chi connectivity index (χ1n) is 22.0. The Morgan fingerprint density at radius 1 is 0.479 bits per heavy atom. The molecule has 0 radical (unpaired) electrons. The molecule has 0 fully saturated rings. The molecule has 0 amide bonds. The average molecular weight is 639 g/mol. The van der Waals surface area contributed by atoms with Crippen LogP contribution in [-0.2, 0) is 10.8 Å². The van der Waals surface area contributed by atoms with Crippen molar-refractivity contribution in [2.75, 3.05) is 0 Å². The van der Waals surface area contributed by atoms with Crippen molar-refractivity contribution in [2.24, 2.45) is 0 Å². The van der Waals surface area contributed by atoms with E-state index in [-0.39, 0.29) is 22.3 Å². The minimum absolute atomic E-state index is 0.0955. The summed E-state index contributed by atoms with van der Waals surface area (Å²) in [7, 11) is 0. The molecule has 238 valence electrons. The molecule has 0 spiro atoms. The van der Waals surface area contributed by atoms with Crippen molar-refractivity contribution in [3.05, 3.63) is 154 Å². The fourth-order valence-electron chi connectivity index (χ4n) is 7.37. The third kappa shape index (κ3) is 4.46. The molecule has 2 nitrogen and oxygen atoms in total. The SMILES string of the molecule is [2H]C([2H])([2H])c1ccc(-c2c(C)ccc3c2Oc2ccccc2C3(C)C([2H])([2H])[2H])cc1-c1cc(-c2c(C)ccc3c2Oc2ccccc2C3(C)C([2H])([2H])[2H])ccc1C([2H])([2H])[2H]. The number of ether oxygens (including phenoxy) is 2. The molecular formula is C46H42O2. The summed E-state index contributed by atoms with van der Waals surface area (Å²) >= 11 is 0. The van der Waals surface area contributed by atoms with Gasteiger partial charge < -0.3 is 9.47 Å². The van der Waals surface area contributed by atoms with Gasteiger partial charge in [0, 0.05) is 60.7 Å². The van der Waals surface area contributed by atoms with Crippen LogP contribution in [0.2, 0.25) is 0 Å². The Kier molecular flexibility index (Phi) is 4.39. The van der Waals surface area contributed by atoms with E-state index >= 15 is 0 Å². The Labute approximate surface area is 301 Å². The van der Waals surface area contributed by atoms with Gasteiger partial charge in [-0.25, -0.2) is 0 Å². The minimum atomic E-state index is -2.69. The Morgan fingerprint density at radius 2 is 0.896 bits per heavy atom. The summed E-state index contributed by atoms with van der Waals surface area (Å²) in [5, 5.41) is 0. The molecule has 0 aromatic heterocycles. The number of rotatable bonds is 3. The van der Waals surface area contributed by atoms with Crippen molar-refractivity contribution in [3.63, 3.8) is 0 Å². The van der Waals surface area contributed by atoms with Gasteiger partial charge in [0.2, 0.25) is 0 Å². The summed E-state index contributed by atoms with van der Waals surface area (Å²) in [5.74, 6) is 1.39. The summed E-state index contributed by atoms with van der Waals surface area (Å²) in [4.78, 5) is 0. The Hall–Kier alpha value is -5.08. The predicted octanol–water partition coefficient (Wildman–Crippen LogP) is 12.8. The van der Waals surface area contributed by atoms with Crippen LogP contribution in [-0.4, -0.2) is 0 Å². The van der Waals surface area contributed by atoms with Crippen molar-refractivity contribution in [1.29, 1.82) is 0 Å². The zero-order valence-electron chi connectivity index (χ0n) is 39.2. The molecule has 2 aliphatic rings. The molecule has 2 heteroatoms. The van der Waals surface area contributed by atoms with E-state index in [1.165, 1.54) is 12.1 Å². The zero-order chi connectivity index (χ0) is 43.5. The van der Waals surface area contributed by atoms with Crippen LogP contribution in [0.3, 0.4) is 0 Å². The lowest BCUT2D eigenvalue weighted by Crippen LogP contribution is -2.24. The first kappa shape index (κ1) is 19.7. The number of hydrogen-bond donors (Lipinski definition) is 0. The van der Waals surface area contributed by atoms with Gasteiger partial charge in [-0.3, -0.25) is 0 Å². The molecule has 0 bridgehead atoms. The maximum absolute atomic E-state index is 8.72. The van der Waals surface area contributed by atoms with Crippen LogP contribution >= 0.6 is 0 Å². The summed E-state index contributed by atoms with van der Waals surface area (Å²) in [5.41, 5.74) is 2.52. The van der Waals surface area contributed by atoms with Gasteiger partial charge in [-0.05, 0) is 96.3 Å². The number of benzene rings is 6. The molecule has 48 heavy (non-hydrogen) atoms. The molecule has 2 heterocycles. The Bertz CT molecular complexity index is 2540. The molecule has 0 saturated carbocycles. The smallest absolute Gasteiger partial charge is 0.139 e. The highest BCUT2D eigenvalue weighted by molar-refractivity contribution is 5.87. The van der Waals surface area contributed by atoms with Crippen molar-refractivity contribution in [3.8, 4) is 56.4 Å². The number of fused-ring (bicyclic) bond motifs is 4. The first-order chi connectivity index (χ1) is 27.9. The Balaban J connectivity index is 1.40. The second-order valence-electron chi connectivity index (χ2n) is 13.2. The molecule has 0 aliphatic carbocycles. The van der Waals surface area contributed by atoms with Gasteiger partial charge in [-0.15, -0.1) is 0 Å². The fourth-order valence-corrected chi connectivity index (χ4v) is 7.37. The quantitative estimate of drug-likeness (QED) is 0.192. The van der Waals surface area contributed by atoms with Crippen molar-refractivity contribution < 1.29 is 25.9 Å². The molecule has 0 N–H and O–H groups in total. The molecule has 0 saturated heterocycles. The maximum atomic E-state index is 8.72. The van der Waals surface area contributed by atoms with Crippen molar-refractivity contribution in [2.45, 2.75) is 65.9 Å². The minimum Gasteiger partial charge on any atom is -0.456 e. The van der Waals surface area contributed by atoms with E-state index in [1.807, 2.05) is 26.0 Å². The van der Waals surface area contributed by atoms with E-state index in [2.05, 4.69) is 0 Å². The van der Waals surface area contributed by atoms with Crippen LogP contribution < -0.4 is 9.47 Å². The van der Waals surface area contributed by atoms with Gasteiger partial charge >= 0.3 is 0 Å². The number of para-hydroxylation sites is 2. The Morgan fingerprint density at radius 3 is 1.31 bits per heavy atom. The lowest BCUT2D eigenvalue weighted by molar-refractivity contribution is 0.419. The maximum Gasteiger partial charge on any atom is 0.139 e. The van der Waals surface area contributed by atoms with E-state index < -0.39 is 38.2 Å². The zero-order valence-corrected chi connectivity index (χ0v) is 27.2. The molecule has 2 atom stereocenters. The standard InChI is InChI=1S/C46H42O2/c1-27-17-21-31(41-29(3)19-23-37-43(41)47-39-15-11-9-13-35(39)45(37,5)6)25-33(27)34-26-32(22-18-28(34)2)42-30(4)20-24-38-44(42)48-40-16-12-10-14-36(40)46(38,7)8/h9-26H,1-8H3/i1D3,2D3,5D3,7D3. The molecule has 8 rings (SSSR count). The largest absolute Gasteiger partial charge is 0.456 e. The second kappa shape index (κ2) is 10.7. The molecular weight excluding hydrogens is 585 g/mol. The highest BCUT2D eigenvalue weighted by Gasteiger charge is 2.37. The highest BCUT2D eigenvalue weighted by Crippen LogP contribution is 2.54. The van der Waals surface area contributed by atoms with Gasteiger partial charge in [0.25, 0.3) is 0 Å². The van der Waals surface area contributed by atoms with Crippen LogP contribution in [0.4, 0.5) is 0 Å². The number of aryl methyl sites for hydroxylation is 4. The molecule has 2 aliphatic heterocycles. The molecule has 2 unspecified atom stereocenters. The van der Waals surface area contributed by atoms with Gasteiger partial charge in [0.15, 0.2) is 0 Å². The van der Waals surface area contributed by atoms with Crippen LogP contribution in [0.1, 0.15) is 88.5 Å². The average Bonchev–Trinajstić information content (AvgIpc) is 3.16. The first-order valence-corrected chi connectivity index (χ1v) is 16.0. The van der Waals surface area contributed by atoms with E-state index in [0.717, 1.165) is 11.1 Å². The third-order valence-electron chi connectivity index (χ3n) is 9.99. The van der Waals surface area contributed by atoms with Crippen LogP contribution in [0, 0.1) is 27.6 Å². The summed E-state index contributed by atoms with van der Waals surface area (Å²) < 4.78 is 117.